The summed E-state index contributed by atoms with van der Waals surface area (Å²) in [6, 6.07) is 13.3. The van der Waals surface area contributed by atoms with E-state index in [9.17, 15) is 18.4 Å². The topological polar surface area (TPSA) is 112 Å². The highest BCUT2D eigenvalue weighted by molar-refractivity contribution is 7.80. The third kappa shape index (κ3) is 4.56. The predicted octanol–water partition coefficient (Wildman–Crippen LogP) is 2.43. The first-order chi connectivity index (χ1) is 15.5. The van der Waals surface area contributed by atoms with E-state index in [0.717, 1.165) is 10.8 Å². The Bertz CT molecular complexity index is 1170. The van der Waals surface area contributed by atoms with Crippen LogP contribution >= 0.6 is 0 Å². The number of nitrogens with zero attached hydrogens (tertiary/aromatic N) is 3. The molecule has 2 unspecified atom stereocenters. The zero-order valence-corrected chi connectivity index (χ0v) is 18.1. The molecule has 1 saturated heterocycles. The second kappa shape index (κ2) is 9.33. The van der Waals surface area contributed by atoms with Crippen LogP contribution in [0.3, 0.4) is 0 Å². The first-order valence-electron chi connectivity index (χ1n) is 9.93. The van der Waals surface area contributed by atoms with Gasteiger partial charge in [-0.15, -0.1) is 0 Å². The van der Waals surface area contributed by atoms with Crippen LogP contribution in [-0.4, -0.2) is 56.7 Å². The molecule has 2 atom stereocenters. The summed E-state index contributed by atoms with van der Waals surface area (Å²) in [5.41, 5.74) is 1.02. The number of hydrogen-bond donors (Lipinski definition) is 2. The number of carbonyl (C=O) groups excluding carboxylic acids is 2. The molecule has 166 valence electrons. The van der Waals surface area contributed by atoms with E-state index in [4.69, 9.17) is 4.74 Å². The van der Waals surface area contributed by atoms with E-state index >= 15 is 0 Å². The van der Waals surface area contributed by atoms with Gasteiger partial charge in [-0.2, -0.15) is 0 Å². The molecule has 0 radical (unpaired) electrons. The van der Waals surface area contributed by atoms with Crippen LogP contribution in [0.25, 0.3) is 10.8 Å². The maximum atomic E-state index is 13.0. The Morgan fingerprint density at radius 1 is 1.22 bits per heavy atom. The number of benzene rings is 2. The van der Waals surface area contributed by atoms with Gasteiger partial charge in [0.1, 0.15) is 11.8 Å². The number of rotatable bonds is 7. The normalized spacial score (nSPS) is 16.8. The maximum Gasteiger partial charge on any atom is 0.262 e. The largest absolute Gasteiger partial charge is 0.497 e. The van der Waals surface area contributed by atoms with Gasteiger partial charge in [-0.3, -0.25) is 23.4 Å². The quantitative estimate of drug-likeness (QED) is 0.531. The Kier molecular flexibility index (Phi) is 6.33. The van der Waals surface area contributed by atoms with Crippen LogP contribution in [0.5, 0.6) is 5.75 Å². The zero-order chi connectivity index (χ0) is 22.7. The lowest BCUT2D eigenvalue weighted by molar-refractivity contribution is -0.132. The van der Waals surface area contributed by atoms with Gasteiger partial charge in [0.15, 0.2) is 0 Å². The van der Waals surface area contributed by atoms with Crippen molar-refractivity contribution >= 4 is 45.2 Å². The van der Waals surface area contributed by atoms with Crippen molar-refractivity contribution < 1.29 is 23.1 Å². The van der Waals surface area contributed by atoms with Crippen LogP contribution in [0.1, 0.15) is 6.42 Å². The van der Waals surface area contributed by atoms with Crippen molar-refractivity contribution in [3.8, 4) is 5.75 Å². The molecule has 0 aliphatic carbocycles. The number of aromatic nitrogens is 1. The van der Waals surface area contributed by atoms with Gasteiger partial charge in [0.05, 0.1) is 19.3 Å². The molecule has 32 heavy (non-hydrogen) atoms. The summed E-state index contributed by atoms with van der Waals surface area (Å²) in [6.07, 6.45) is 3.43. The standard InChI is InChI=1S/C22H22N4O5S/c1-31-19-5-3-15-2-4-18(12-16(15)13-19)26(32(29)30)20-8-11-25(22(20)28)14-21(27)24-17-6-9-23-10-7-17/h2-7,9-10,12-13,20H,8,11,14H2,1H3,(H,29,30)(H,23,24,27). The molecule has 4 rings (SSSR count). The summed E-state index contributed by atoms with van der Waals surface area (Å²) >= 11 is -2.43. The minimum atomic E-state index is -2.43. The predicted molar refractivity (Wildman–Crippen MR) is 122 cm³/mol. The van der Waals surface area contributed by atoms with Crippen molar-refractivity contribution in [1.82, 2.24) is 9.88 Å². The van der Waals surface area contributed by atoms with Crippen molar-refractivity contribution in [1.29, 1.82) is 0 Å². The molecular weight excluding hydrogens is 432 g/mol. The lowest BCUT2D eigenvalue weighted by atomic mass is 10.1. The van der Waals surface area contributed by atoms with Gasteiger partial charge in [-0.25, -0.2) is 4.21 Å². The van der Waals surface area contributed by atoms with Crippen molar-refractivity contribution in [3.05, 3.63) is 60.9 Å². The van der Waals surface area contributed by atoms with Gasteiger partial charge in [-0.1, -0.05) is 12.1 Å². The second-order valence-electron chi connectivity index (χ2n) is 7.30. The summed E-state index contributed by atoms with van der Waals surface area (Å²) < 4.78 is 28.7. The number of pyridine rings is 1. The molecule has 2 N–H and O–H groups in total. The number of hydrogen-bond acceptors (Lipinski definition) is 5. The molecule has 2 amide bonds. The third-order valence-electron chi connectivity index (χ3n) is 5.30. The Labute approximate surface area is 187 Å². The van der Waals surface area contributed by atoms with Gasteiger partial charge in [-0.05, 0) is 53.6 Å². The average molecular weight is 455 g/mol. The summed E-state index contributed by atoms with van der Waals surface area (Å²) in [6.45, 7) is 0.168. The molecule has 1 aliphatic rings. The fourth-order valence-corrected chi connectivity index (χ4v) is 4.47. The number of anilines is 2. The number of likely N-dealkylation sites (tertiary alicyclic amines) is 1. The molecule has 1 aromatic heterocycles. The zero-order valence-electron chi connectivity index (χ0n) is 17.3. The number of fused-ring (bicyclic) bond motifs is 1. The maximum absolute atomic E-state index is 13.0. The van der Waals surface area contributed by atoms with Crippen molar-refractivity contribution in [2.45, 2.75) is 12.5 Å². The van der Waals surface area contributed by atoms with E-state index in [1.807, 2.05) is 24.3 Å². The molecule has 2 aromatic carbocycles. The Morgan fingerprint density at radius 2 is 1.97 bits per heavy atom. The van der Waals surface area contributed by atoms with E-state index in [0.29, 0.717) is 30.1 Å². The van der Waals surface area contributed by atoms with Crippen LogP contribution in [0.2, 0.25) is 0 Å². The van der Waals surface area contributed by atoms with E-state index in [-0.39, 0.29) is 18.4 Å². The number of nitrogens with one attached hydrogen (secondary N) is 1. The Morgan fingerprint density at radius 3 is 2.69 bits per heavy atom. The summed E-state index contributed by atoms with van der Waals surface area (Å²) in [4.78, 5) is 30.6. The molecule has 2 heterocycles. The van der Waals surface area contributed by atoms with E-state index in [2.05, 4.69) is 10.3 Å². The molecule has 10 heteroatoms. The first-order valence-corrected chi connectivity index (χ1v) is 11.0. The lowest BCUT2D eigenvalue weighted by Crippen LogP contribution is -2.44. The smallest absolute Gasteiger partial charge is 0.262 e. The van der Waals surface area contributed by atoms with Crippen molar-refractivity contribution in [2.75, 3.05) is 29.8 Å². The van der Waals surface area contributed by atoms with Crippen LogP contribution in [0.4, 0.5) is 11.4 Å². The van der Waals surface area contributed by atoms with Gasteiger partial charge < -0.3 is 15.0 Å². The minimum Gasteiger partial charge on any atom is -0.497 e. The number of amides is 2. The van der Waals surface area contributed by atoms with E-state index in [1.54, 1.807) is 43.8 Å². The second-order valence-corrected chi connectivity index (χ2v) is 8.16. The van der Waals surface area contributed by atoms with Crippen LogP contribution in [0, 0.1) is 0 Å². The average Bonchev–Trinajstić information content (AvgIpc) is 3.13. The highest BCUT2D eigenvalue weighted by atomic mass is 32.2. The number of carbonyl (C=O) groups is 2. The number of ether oxygens (including phenoxy) is 1. The van der Waals surface area contributed by atoms with Crippen LogP contribution in [-0.2, 0) is 20.9 Å². The van der Waals surface area contributed by atoms with E-state index in [1.165, 1.54) is 9.21 Å². The molecule has 0 saturated carbocycles. The highest BCUT2D eigenvalue weighted by Crippen LogP contribution is 2.30. The highest BCUT2D eigenvalue weighted by Gasteiger charge is 2.39. The summed E-state index contributed by atoms with van der Waals surface area (Å²) in [7, 11) is 1.57. The monoisotopic (exact) mass is 454 g/mol. The summed E-state index contributed by atoms with van der Waals surface area (Å²) in [5.74, 6) is -0.0580. The molecule has 1 fully saturated rings. The minimum absolute atomic E-state index is 0.140. The molecule has 0 spiro atoms. The van der Waals surface area contributed by atoms with E-state index < -0.39 is 17.3 Å². The van der Waals surface area contributed by atoms with Gasteiger partial charge in [0, 0.05) is 24.6 Å². The number of methoxy groups -OCH3 is 1. The molecule has 0 bridgehead atoms. The fourth-order valence-electron chi connectivity index (χ4n) is 3.76. The Balaban J connectivity index is 1.52. The van der Waals surface area contributed by atoms with Crippen LogP contribution < -0.4 is 14.4 Å². The molecular formula is C22H22N4O5S. The fraction of sp³-hybridized carbons (Fsp3) is 0.227. The van der Waals surface area contributed by atoms with Crippen molar-refractivity contribution in [2.24, 2.45) is 0 Å². The summed E-state index contributed by atoms with van der Waals surface area (Å²) in [5, 5.41) is 4.46. The Hall–Kier alpha value is -3.50. The lowest BCUT2D eigenvalue weighted by Gasteiger charge is -2.26. The van der Waals surface area contributed by atoms with Crippen molar-refractivity contribution in [3.63, 3.8) is 0 Å². The van der Waals surface area contributed by atoms with Gasteiger partial charge in [0.2, 0.25) is 11.8 Å². The molecule has 3 aromatic rings. The SMILES string of the molecule is COc1ccc2ccc(N(C3CCN(CC(=O)Nc4ccncc4)C3=O)S(=O)O)cc2c1. The third-order valence-corrected chi connectivity index (χ3v) is 6.11. The first kappa shape index (κ1) is 21.7. The van der Waals surface area contributed by atoms with Crippen LogP contribution in [0.15, 0.2) is 60.9 Å². The molecule has 9 nitrogen and oxygen atoms in total. The van der Waals surface area contributed by atoms with Gasteiger partial charge >= 0.3 is 0 Å². The molecule has 1 aliphatic heterocycles. The van der Waals surface area contributed by atoms with Gasteiger partial charge in [0.25, 0.3) is 11.3 Å².